The Morgan fingerprint density at radius 1 is 1.00 bits per heavy atom. The van der Waals surface area contributed by atoms with Crippen molar-refractivity contribution in [2.45, 2.75) is 51.2 Å². The highest BCUT2D eigenvalue weighted by Crippen LogP contribution is 2.41. The van der Waals surface area contributed by atoms with E-state index >= 15 is 0 Å². The number of aromatic amines is 1. The van der Waals surface area contributed by atoms with Crippen molar-refractivity contribution in [2.75, 3.05) is 28.4 Å². The number of H-pyrrole nitrogens is 1. The van der Waals surface area contributed by atoms with Crippen molar-refractivity contribution in [1.82, 2.24) is 15.2 Å². The molecule has 1 heterocycles. The number of nitrogens with zero attached hydrogens (tertiary/aromatic N) is 1. The molecule has 0 atom stereocenters. The quantitative estimate of drug-likeness (QED) is 0.471. The van der Waals surface area contributed by atoms with Crippen LogP contribution in [0.2, 0.25) is 0 Å². The Hall–Kier alpha value is -3.19. The molecule has 4 rings (SSSR count). The van der Waals surface area contributed by atoms with E-state index in [1.54, 1.807) is 33.5 Å². The molecule has 2 N–H and O–H groups in total. The third-order valence-corrected chi connectivity index (χ3v) is 6.86. The van der Waals surface area contributed by atoms with Gasteiger partial charge >= 0.3 is 0 Å². The Bertz CT molecular complexity index is 1130. The summed E-state index contributed by atoms with van der Waals surface area (Å²) in [5, 5.41) is 3.84. The minimum atomic E-state index is -0.185. The highest BCUT2D eigenvalue weighted by Gasteiger charge is 2.21. The lowest BCUT2D eigenvalue weighted by atomic mass is 9.94. The van der Waals surface area contributed by atoms with E-state index in [4.69, 9.17) is 14.2 Å². The Labute approximate surface area is 201 Å². The Morgan fingerprint density at radius 2 is 1.71 bits per heavy atom. The van der Waals surface area contributed by atoms with Gasteiger partial charge in [-0.15, -0.1) is 0 Å². The SMILES string of the molecule is COc1cc(OC)c2cc(C(=O)NCc3ccccc3CN(C)C3CCCCC3)[nH]c2c1OC. The van der Waals surface area contributed by atoms with Crippen LogP contribution in [0.4, 0.5) is 0 Å². The van der Waals surface area contributed by atoms with Crippen LogP contribution in [0, 0.1) is 0 Å². The van der Waals surface area contributed by atoms with Crippen LogP contribution < -0.4 is 19.5 Å². The average Bonchev–Trinajstić information content (AvgIpc) is 3.33. The number of benzene rings is 2. The third kappa shape index (κ3) is 4.99. The second-order valence-electron chi connectivity index (χ2n) is 8.94. The van der Waals surface area contributed by atoms with Gasteiger partial charge in [0.1, 0.15) is 11.4 Å². The summed E-state index contributed by atoms with van der Waals surface area (Å²) >= 11 is 0. The van der Waals surface area contributed by atoms with Crippen LogP contribution in [-0.4, -0.2) is 50.2 Å². The summed E-state index contributed by atoms with van der Waals surface area (Å²) in [4.78, 5) is 18.7. The molecule has 1 amide bonds. The molecular weight excluding hydrogens is 430 g/mol. The van der Waals surface area contributed by atoms with Crippen molar-refractivity contribution >= 4 is 16.8 Å². The zero-order valence-electron chi connectivity index (χ0n) is 20.6. The fourth-order valence-electron chi connectivity index (χ4n) is 4.93. The zero-order valence-corrected chi connectivity index (χ0v) is 20.6. The molecule has 7 nitrogen and oxygen atoms in total. The third-order valence-electron chi connectivity index (χ3n) is 6.86. The lowest BCUT2D eigenvalue weighted by Crippen LogP contribution is -2.33. The molecule has 2 aromatic carbocycles. The molecule has 1 aliphatic carbocycles. The van der Waals surface area contributed by atoms with Crippen molar-refractivity contribution in [3.63, 3.8) is 0 Å². The number of methoxy groups -OCH3 is 3. The molecule has 0 aliphatic heterocycles. The number of nitrogens with one attached hydrogen (secondary N) is 2. The van der Waals surface area contributed by atoms with E-state index in [1.807, 2.05) is 6.07 Å². The monoisotopic (exact) mass is 465 g/mol. The maximum atomic E-state index is 13.1. The number of ether oxygens (including phenoxy) is 3. The number of rotatable bonds is 9. The van der Waals surface area contributed by atoms with Crippen LogP contribution in [-0.2, 0) is 13.1 Å². The first-order valence-electron chi connectivity index (χ1n) is 11.9. The van der Waals surface area contributed by atoms with E-state index in [0.29, 0.717) is 41.0 Å². The molecule has 3 aromatic rings. The van der Waals surface area contributed by atoms with Crippen LogP contribution in [0.1, 0.15) is 53.7 Å². The number of carbonyl (C=O) groups excluding carboxylic acids is 1. The molecule has 182 valence electrons. The summed E-state index contributed by atoms with van der Waals surface area (Å²) in [7, 11) is 6.95. The van der Waals surface area contributed by atoms with E-state index in [9.17, 15) is 4.79 Å². The standard InChI is InChI=1S/C27H35N3O4/c1-30(20-12-6-5-7-13-20)17-19-11-9-8-10-18(19)16-28-27(31)22-14-21-23(32-2)15-24(33-3)26(34-4)25(21)29-22/h8-11,14-15,20,29H,5-7,12-13,16-17H2,1-4H3,(H,28,31). The van der Waals surface area contributed by atoms with E-state index < -0.39 is 0 Å². The van der Waals surface area contributed by atoms with Gasteiger partial charge in [0.15, 0.2) is 11.5 Å². The van der Waals surface area contributed by atoms with Gasteiger partial charge in [-0.25, -0.2) is 0 Å². The maximum Gasteiger partial charge on any atom is 0.268 e. The van der Waals surface area contributed by atoms with Crippen molar-refractivity contribution in [1.29, 1.82) is 0 Å². The Kier molecular flexibility index (Phi) is 7.63. The fourth-order valence-corrected chi connectivity index (χ4v) is 4.93. The van der Waals surface area contributed by atoms with Crippen LogP contribution >= 0.6 is 0 Å². The Morgan fingerprint density at radius 3 is 2.38 bits per heavy atom. The first kappa shape index (κ1) is 24.0. The molecule has 1 aliphatic rings. The molecule has 1 saturated carbocycles. The predicted molar refractivity (Wildman–Crippen MR) is 134 cm³/mol. The molecule has 0 bridgehead atoms. The van der Waals surface area contributed by atoms with Crippen LogP contribution in [0.25, 0.3) is 10.9 Å². The van der Waals surface area contributed by atoms with Gasteiger partial charge in [0.05, 0.1) is 26.8 Å². The number of amides is 1. The molecular formula is C27H35N3O4. The molecule has 0 unspecified atom stereocenters. The smallest absolute Gasteiger partial charge is 0.268 e. The van der Waals surface area contributed by atoms with E-state index in [2.05, 4.69) is 40.4 Å². The molecule has 34 heavy (non-hydrogen) atoms. The predicted octanol–water partition coefficient (Wildman–Crippen LogP) is 4.89. The summed E-state index contributed by atoms with van der Waals surface area (Å²) in [6.07, 6.45) is 6.53. The van der Waals surface area contributed by atoms with Gasteiger partial charge < -0.3 is 24.5 Å². The summed E-state index contributed by atoms with van der Waals surface area (Å²) in [5.74, 6) is 1.50. The zero-order chi connectivity index (χ0) is 24.1. The average molecular weight is 466 g/mol. The summed E-state index contributed by atoms with van der Waals surface area (Å²) in [6, 6.07) is 12.5. The van der Waals surface area contributed by atoms with Crippen LogP contribution in [0.3, 0.4) is 0 Å². The summed E-state index contributed by atoms with van der Waals surface area (Å²) in [6.45, 7) is 1.34. The lowest BCUT2D eigenvalue weighted by molar-refractivity contribution is 0.0946. The van der Waals surface area contributed by atoms with Crippen LogP contribution in [0.5, 0.6) is 17.2 Å². The first-order valence-corrected chi connectivity index (χ1v) is 11.9. The molecule has 7 heteroatoms. The lowest BCUT2D eigenvalue weighted by Gasteiger charge is -2.31. The number of hydrogen-bond donors (Lipinski definition) is 2. The van der Waals surface area contributed by atoms with Crippen molar-refractivity contribution in [3.05, 3.63) is 53.2 Å². The van der Waals surface area contributed by atoms with Gasteiger partial charge in [-0.05, 0) is 37.1 Å². The van der Waals surface area contributed by atoms with Gasteiger partial charge in [0.2, 0.25) is 0 Å². The highest BCUT2D eigenvalue weighted by molar-refractivity contribution is 6.02. The largest absolute Gasteiger partial charge is 0.496 e. The molecule has 0 radical (unpaired) electrons. The van der Waals surface area contributed by atoms with E-state index in [1.165, 1.54) is 37.7 Å². The number of fused-ring (bicyclic) bond motifs is 1. The number of hydrogen-bond acceptors (Lipinski definition) is 5. The molecule has 0 saturated heterocycles. The van der Waals surface area contributed by atoms with Gasteiger partial charge in [-0.3, -0.25) is 9.69 Å². The summed E-state index contributed by atoms with van der Waals surface area (Å²) < 4.78 is 16.4. The molecule has 0 spiro atoms. The molecule has 1 aromatic heterocycles. The first-order chi connectivity index (χ1) is 16.5. The van der Waals surface area contributed by atoms with Gasteiger partial charge in [0.25, 0.3) is 5.91 Å². The highest BCUT2D eigenvalue weighted by atomic mass is 16.5. The topological polar surface area (TPSA) is 75.8 Å². The minimum Gasteiger partial charge on any atom is -0.496 e. The summed E-state index contributed by atoms with van der Waals surface area (Å²) in [5.41, 5.74) is 3.49. The maximum absolute atomic E-state index is 13.1. The van der Waals surface area contributed by atoms with Gasteiger partial charge in [-0.2, -0.15) is 0 Å². The Balaban J connectivity index is 1.50. The number of carbonyl (C=O) groups is 1. The van der Waals surface area contributed by atoms with Crippen molar-refractivity contribution in [3.8, 4) is 17.2 Å². The van der Waals surface area contributed by atoms with Crippen LogP contribution in [0.15, 0.2) is 36.4 Å². The number of aromatic nitrogens is 1. The molecule has 1 fully saturated rings. The van der Waals surface area contributed by atoms with Gasteiger partial charge in [-0.1, -0.05) is 43.5 Å². The normalized spacial score (nSPS) is 14.4. The van der Waals surface area contributed by atoms with Crippen molar-refractivity contribution in [2.24, 2.45) is 0 Å². The minimum absolute atomic E-state index is 0.185. The van der Waals surface area contributed by atoms with E-state index in [0.717, 1.165) is 17.5 Å². The second-order valence-corrected chi connectivity index (χ2v) is 8.94. The van der Waals surface area contributed by atoms with Gasteiger partial charge in [0, 0.05) is 30.6 Å². The van der Waals surface area contributed by atoms with E-state index in [-0.39, 0.29) is 5.91 Å². The fraction of sp³-hybridized carbons (Fsp3) is 0.444. The second kappa shape index (κ2) is 10.8. The van der Waals surface area contributed by atoms with Crippen molar-refractivity contribution < 1.29 is 19.0 Å².